The maximum absolute atomic E-state index is 9.00. The number of hydrogen-bond acceptors (Lipinski definition) is 3. The van der Waals surface area contributed by atoms with Crippen LogP contribution in [0.25, 0.3) is 0 Å². The average Bonchev–Trinajstić information content (AvgIpc) is 1.41. The first-order valence-electron chi connectivity index (χ1n) is 1.13. The minimum atomic E-state index is -0.833. The first-order chi connectivity index (χ1) is 2.73. The monoisotopic (exact) mass is 183 g/mol. The van der Waals surface area contributed by atoms with Crippen molar-refractivity contribution in [2.75, 3.05) is 0 Å². The summed E-state index contributed by atoms with van der Waals surface area (Å²) in [7, 11) is 0. The molecule has 0 saturated carbocycles. The van der Waals surface area contributed by atoms with Gasteiger partial charge in [0.2, 0.25) is 0 Å². The Morgan fingerprint density at radius 1 is 1.57 bits per heavy atom. The molecule has 5 heteroatoms. The van der Waals surface area contributed by atoms with Crippen LogP contribution >= 0.6 is 0 Å². The van der Waals surface area contributed by atoms with Crippen LogP contribution in [0.3, 0.4) is 0 Å². The first kappa shape index (κ1) is 15.7. The molecule has 0 aromatic heterocycles. The van der Waals surface area contributed by atoms with E-state index in [1.807, 2.05) is 0 Å². The Bertz CT molecular complexity index is 44.2. The molecule has 0 atom stereocenters. The zero-order chi connectivity index (χ0) is 5.58. The van der Waals surface area contributed by atoms with Crippen molar-refractivity contribution in [1.82, 2.24) is 6.15 Å². The summed E-state index contributed by atoms with van der Waals surface area (Å²) < 4.78 is 8.34. The van der Waals surface area contributed by atoms with Gasteiger partial charge in [-0.1, -0.05) is 0 Å². The van der Waals surface area contributed by atoms with Crippen molar-refractivity contribution in [2.24, 2.45) is 0 Å². The van der Waals surface area contributed by atoms with Crippen molar-refractivity contribution in [3.8, 4) is 0 Å². The zero-order valence-corrected chi connectivity index (χ0v) is 6.43. The van der Waals surface area contributed by atoms with Gasteiger partial charge in [-0.15, -0.1) is 0 Å². The van der Waals surface area contributed by atoms with Crippen molar-refractivity contribution >= 4 is 5.97 Å². The van der Waals surface area contributed by atoms with E-state index in [4.69, 9.17) is 12.7 Å². The van der Waals surface area contributed by atoms with Crippen LogP contribution in [0.4, 0.5) is 0 Å². The Morgan fingerprint density at radius 3 is 1.57 bits per heavy atom. The number of carboxylic acid groups (broad SMARTS) is 1. The van der Waals surface area contributed by atoms with Crippen LogP contribution in [-0.4, -0.2) is 11.1 Å². The summed E-state index contributed by atoms with van der Waals surface area (Å²) in [5, 5.41) is 7.42. The summed E-state index contributed by atoms with van der Waals surface area (Å²) in [6.45, 7) is 1.08. The van der Waals surface area contributed by atoms with Gasteiger partial charge in [0, 0.05) is 6.92 Å². The molecule has 0 fully saturated rings. The molecular formula is C2H7NO3Zr. The van der Waals surface area contributed by atoms with Crippen LogP contribution in [0.2, 0.25) is 0 Å². The summed E-state index contributed by atoms with van der Waals surface area (Å²) in [6.07, 6.45) is 0. The van der Waals surface area contributed by atoms with E-state index in [-0.39, 0.29) is 6.15 Å². The van der Waals surface area contributed by atoms with Gasteiger partial charge in [-0.3, -0.25) is 4.79 Å². The molecule has 0 aliphatic heterocycles. The van der Waals surface area contributed by atoms with E-state index in [1.165, 1.54) is 0 Å². The summed E-state index contributed by atoms with van der Waals surface area (Å²) in [4.78, 5) is 9.00. The molecule has 0 aromatic rings. The summed E-state index contributed by atoms with van der Waals surface area (Å²) in [5.74, 6) is -0.833. The van der Waals surface area contributed by atoms with E-state index in [0.717, 1.165) is 6.92 Å². The van der Waals surface area contributed by atoms with Gasteiger partial charge >= 0.3 is 27.5 Å². The van der Waals surface area contributed by atoms with Crippen LogP contribution in [0.15, 0.2) is 0 Å². The second-order valence-electron chi connectivity index (χ2n) is 0.519. The Kier molecular flexibility index (Phi) is 37.0. The molecule has 0 aromatic carbocycles. The fourth-order valence-corrected chi connectivity index (χ4v) is 0. The molecule has 4 N–H and O–H groups in total. The van der Waals surface area contributed by atoms with Crippen LogP contribution in [0, 0.1) is 0 Å². The van der Waals surface area contributed by atoms with Gasteiger partial charge in [-0.05, 0) is 0 Å². The molecule has 0 rings (SSSR count). The molecule has 7 heavy (non-hydrogen) atoms. The Balaban J connectivity index is -0.0000000480. The van der Waals surface area contributed by atoms with Crippen molar-refractivity contribution in [1.29, 1.82) is 0 Å². The van der Waals surface area contributed by atoms with Crippen molar-refractivity contribution < 1.29 is 37.4 Å². The minimum absolute atomic E-state index is 0. The first-order valence-corrected chi connectivity index (χ1v) is 2.14. The molecule has 0 amide bonds. The number of carbonyl (C=O) groups is 1. The summed E-state index contributed by atoms with van der Waals surface area (Å²) in [5.41, 5.74) is 0. The molecule has 0 unspecified atom stereocenters. The standard InChI is InChI=1S/C2H4O2.H3N.O.Zr/c1-2(3)4;;;/h1H3,(H,3,4);1H3;;. The zero-order valence-electron chi connectivity index (χ0n) is 3.97. The third-order valence-corrected chi connectivity index (χ3v) is 0. The fourth-order valence-electron chi connectivity index (χ4n) is 0. The second kappa shape index (κ2) is 16.5. The molecule has 4 nitrogen and oxygen atoms in total. The van der Waals surface area contributed by atoms with E-state index >= 15 is 0 Å². The summed E-state index contributed by atoms with van der Waals surface area (Å²) >= 11 is 0.300. The van der Waals surface area contributed by atoms with Gasteiger partial charge in [-0.25, -0.2) is 0 Å². The van der Waals surface area contributed by atoms with Gasteiger partial charge in [0.15, 0.2) is 0 Å². The van der Waals surface area contributed by atoms with E-state index < -0.39 is 5.97 Å². The predicted octanol–water partition coefficient (Wildman–Crippen LogP) is 0.132. The van der Waals surface area contributed by atoms with Crippen LogP contribution in [-0.2, 0) is 32.3 Å². The molecule has 0 spiro atoms. The van der Waals surface area contributed by atoms with Crippen molar-refractivity contribution in [3.05, 3.63) is 0 Å². The van der Waals surface area contributed by atoms with Crippen molar-refractivity contribution in [3.63, 3.8) is 0 Å². The normalized spacial score (nSPS) is 4.00. The predicted molar refractivity (Wildman–Crippen MR) is 19.0 cm³/mol. The molecule has 0 aliphatic rings. The van der Waals surface area contributed by atoms with E-state index in [1.54, 1.807) is 0 Å². The third-order valence-electron chi connectivity index (χ3n) is 0. The average molecular weight is 184 g/mol. The van der Waals surface area contributed by atoms with Gasteiger partial charge in [-0.2, -0.15) is 0 Å². The molecule has 0 aliphatic carbocycles. The SMILES string of the molecule is CC(=O)O.N.[O]=[Zr]. The Hall–Kier alpha value is 0.113. The van der Waals surface area contributed by atoms with Gasteiger partial charge in [0.1, 0.15) is 0 Å². The summed E-state index contributed by atoms with van der Waals surface area (Å²) in [6, 6.07) is 0. The third kappa shape index (κ3) is 8080. The van der Waals surface area contributed by atoms with Crippen LogP contribution < -0.4 is 6.15 Å². The quantitative estimate of drug-likeness (QED) is 0.560. The number of carboxylic acids is 1. The Labute approximate surface area is 56.8 Å². The molecule has 0 saturated heterocycles. The van der Waals surface area contributed by atoms with E-state index in [9.17, 15) is 0 Å². The Morgan fingerprint density at radius 2 is 1.57 bits per heavy atom. The van der Waals surface area contributed by atoms with Crippen LogP contribution in [0.1, 0.15) is 6.92 Å². The molecular weight excluding hydrogens is 177 g/mol. The maximum atomic E-state index is 9.00. The molecule has 0 radical (unpaired) electrons. The number of hydrogen-bond donors (Lipinski definition) is 2. The van der Waals surface area contributed by atoms with Gasteiger partial charge < -0.3 is 11.3 Å². The van der Waals surface area contributed by atoms with E-state index in [0.29, 0.717) is 24.7 Å². The van der Waals surface area contributed by atoms with Crippen molar-refractivity contribution in [2.45, 2.75) is 6.92 Å². The second-order valence-corrected chi connectivity index (χ2v) is 0.519. The molecule has 42 valence electrons. The fraction of sp³-hybridized carbons (Fsp3) is 0.500. The van der Waals surface area contributed by atoms with E-state index in [2.05, 4.69) is 0 Å². The van der Waals surface area contributed by atoms with Crippen LogP contribution in [0.5, 0.6) is 0 Å². The number of aliphatic carboxylic acids is 1. The number of rotatable bonds is 0. The molecule has 0 bridgehead atoms. The topological polar surface area (TPSA) is 89.4 Å². The van der Waals surface area contributed by atoms with Gasteiger partial charge in [0.25, 0.3) is 5.97 Å². The molecule has 0 heterocycles. The van der Waals surface area contributed by atoms with Gasteiger partial charge in [0.05, 0.1) is 0 Å².